The highest BCUT2D eigenvalue weighted by Crippen LogP contribution is 2.36. The third kappa shape index (κ3) is 5.01. The molecule has 0 radical (unpaired) electrons. The molecule has 0 saturated heterocycles. The van der Waals surface area contributed by atoms with Crippen LogP contribution < -0.4 is 29.8 Å². The lowest BCUT2D eigenvalue weighted by atomic mass is 9.95. The molecule has 0 unspecified atom stereocenters. The van der Waals surface area contributed by atoms with Gasteiger partial charge in [-0.25, -0.2) is 4.99 Å². The third-order valence-electron chi connectivity index (χ3n) is 7.43. The molecule has 222 valence electrons. The standard InChI is InChI=1S/C33H28N4O6S/c1-4-43-25(38)18-36-24-16-9-8-15-23(24)27(31(36)40)29-32(41)37-28(20-11-10-14-22(17-20)42-3)26(19(2)34-33(37)44-29)30(39)35-21-12-6-5-7-13-21/h5-17,28H,4,18H2,1-3H3,(H,35,39)/b29-27+/t28-/m1/s1. The molecular formula is C33H28N4O6S. The first-order chi connectivity index (χ1) is 21.3. The van der Waals surface area contributed by atoms with Crippen LogP contribution in [0.4, 0.5) is 11.4 Å². The molecule has 1 aromatic heterocycles. The minimum atomic E-state index is -0.859. The van der Waals surface area contributed by atoms with Crippen molar-refractivity contribution in [1.82, 2.24) is 4.57 Å². The first-order valence-electron chi connectivity index (χ1n) is 13.9. The minimum Gasteiger partial charge on any atom is -0.497 e. The third-order valence-corrected chi connectivity index (χ3v) is 8.48. The van der Waals surface area contributed by atoms with Crippen molar-refractivity contribution in [1.29, 1.82) is 0 Å². The summed E-state index contributed by atoms with van der Waals surface area (Å²) in [5.74, 6) is -0.896. The number of carbonyl (C=O) groups excluding carboxylic acids is 3. The van der Waals surface area contributed by atoms with Gasteiger partial charge in [0.1, 0.15) is 16.8 Å². The van der Waals surface area contributed by atoms with Gasteiger partial charge in [-0.3, -0.25) is 28.6 Å². The van der Waals surface area contributed by atoms with E-state index in [-0.39, 0.29) is 28.8 Å². The van der Waals surface area contributed by atoms with Crippen LogP contribution in [0, 0.1) is 0 Å². The van der Waals surface area contributed by atoms with E-state index < -0.39 is 29.4 Å². The van der Waals surface area contributed by atoms with Gasteiger partial charge >= 0.3 is 5.97 Å². The molecule has 2 aliphatic rings. The number of thiazole rings is 1. The number of ether oxygens (including phenoxy) is 2. The van der Waals surface area contributed by atoms with Crippen LogP contribution in [0.1, 0.15) is 31.0 Å². The number of benzene rings is 3. The zero-order valence-electron chi connectivity index (χ0n) is 24.2. The summed E-state index contributed by atoms with van der Waals surface area (Å²) in [5.41, 5.74) is 2.69. The Balaban J connectivity index is 1.55. The maximum atomic E-state index is 14.4. The summed E-state index contributed by atoms with van der Waals surface area (Å²) < 4.78 is 12.2. The molecule has 3 aromatic carbocycles. The van der Waals surface area contributed by atoms with Crippen LogP contribution in [-0.2, 0) is 19.1 Å². The van der Waals surface area contributed by atoms with E-state index >= 15 is 0 Å². The van der Waals surface area contributed by atoms with Gasteiger partial charge in [-0.15, -0.1) is 0 Å². The molecule has 0 fully saturated rings. The highest BCUT2D eigenvalue weighted by atomic mass is 32.1. The molecule has 1 N–H and O–H groups in total. The van der Waals surface area contributed by atoms with Gasteiger partial charge in [0, 0.05) is 11.3 Å². The number of aromatic nitrogens is 1. The maximum absolute atomic E-state index is 14.4. The number of anilines is 2. The summed E-state index contributed by atoms with van der Waals surface area (Å²) in [7, 11) is 1.54. The van der Waals surface area contributed by atoms with Crippen molar-refractivity contribution in [3.8, 4) is 5.75 Å². The number of hydrogen-bond acceptors (Lipinski definition) is 8. The Labute approximate surface area is 256 Å². The van der Waals surface area contributed by atoms with Crippen LogP contribution in [-0.4, -0.2) is 42.6 Å². The number of fused-ring (bicyclic) bond motifs is 2. The van der Waals surface area contributed by atoms with E-state index in [4.69, 9.17) is 14.5 Å². The number of nitrogens with zero attached hydrogens (tertiary/aromatic N) is 3. The van der Waals surface area contributed by atoms with Crippen LogP contribution in [0.25, 0.3) is 5.57 Å². The summed E-state index contributed by atoms with van der Waals surface area (Å²) in [6, 6.07) is 22.3. The number of allylic oxidation sites excluding steroid dienone is 1. The van der Waals surface area contributed by atoms with Crippen molar-refractivity contribution < 1.29 is 23.9 Å². The van der Waals surface area contributed by atoms with Crippen LogP contribution in [0.3, 0.4) is 0 Å². The largest absolute Gasteiger partial charge is 0.497 e. The van der Waals surface area contributed by atoms with Crippen LogP contribution in [0.15, 0.2) is 99.9 Å². The van der Waals surface area contributed by atoms with E-state index in [0.717, 1.165) is 11.3 Å². The number of amides is 2. The van der Waals surface area contributed by atoms with Gasteiger partial charge in [0.05, 0.1) is 42.3 Å². The second-order valence-electron chi connectivity index (χ2n) is 10.1. The highest BCUT2D eigenvalue weighted by molar-refractivity contribution is 7.07. The van der Waals surface area contributed by atoms with Crippen LogP contribution in [0.5, 0.6) is 5.75 Å². The second kappa shape index (κ2) is 11.8. The van der Waals surface area contributed by atoms with Crippen molar-refractivity contribution in [2.75, 3.05) is 30.5 Å². The van der Waals surface area contributed by atoms with Crippen molar-refractivity contribution in [2.24, 2.45) is 4.99 Å². The number of rotatable bonds is 7. The number of carbonyl (C=O) groups is 3. The molecule has 4 aromatic rings. The fourth-order valence-corrected chi connectivity index (χ4v) is 6.64. The molecule has 10 nitrogen and oxygen atoms in total. The summed E-state index contributed by atoms with van der Waals surface area (Å²) in [4.78, 5) is 60.8. The lowest BCUT2D eigenvalue weighted by Gasteiger charge is -2.25. The molecule has 0 aliphatic carbocycles. The Hall–Kier alpha value is -5.29. The first kappa shape index (κ1) is 28.8. The first-order valence-corrected chi connectivity index (χ1v) is 14.8. The topological polar surface area (TPSA) is 119 Å². The summed E-state index contributed by atoms with van der Waals surface area (Å²) in [6.45, 7) is 3.31. The van der Waals surface area contributed by atoms with Gasteiger partial charge in [-0.1, -0.05) is 59.9 Å². The van der Waals surface area contributed by atoms with Crippen molar-refractivity contribution >= 4 is 46.1 Å². The molecule has 2 aliphatic heterocycles. The molecule has 44 heavy (non-hydrogen) atoms. The molecule has 0 saturated carbocycles. The molecule has 2 amide bonds. The van der Waals surface area contributed by atoms with Gasteiger partial charge < -0.3 is 14.8 Å². The Morgan fingerprint density at radius 2 is 1.75 bits per heavy atom. The van der Waals surface area contributed by atoms with E-state index in [1.54, 1.807) is 75.6 Å². The highest BCUT2D eigenvalue weighted by Gasteiger charge is 2.38. The molecule has 1 atom stereocenters. The number of para-hydroxylation sites is 2. The zero-order valence-corrected chi connectivity index (χ0v) is 25.0. The molecule has 0 bridgehead atoms. The molecule has 11 heteroatoms. The second-order valence-corrected chi connectivity index (χ2v) is 11.1. The number of methoxy groups -OCH3 is 1. The van der Waals surface area contributed by atoms with Gasteiger partial charge in [0.2, 0.25) is 0 Å². The Bertz CT molecular complexity index is 2030. The Morgan fingerprint density at radius 1 is 1.00 bits per heavy atom. The molecular weight excluding hydrogens is 580 g/mol. The van der Waals surface area contributed by atoms with E-state index in [1.165, 1.54) is 9.47 Å². The number of esters is 1. The predicted molar refractivity (Wildman–Crippen MR) is 166 cm³/mol. The number of hydrogen-bond donors (Lipinski definition) is 1. The minimum absolute atomic E-state index is 0.165. The van der Waals surface area contributed by atoms with E-state index in [9.17, 15) is 19.2 Å². The normalized spacial score (nSPS) is 16.7. The average molecular weight is 609 g/mol. The maximum Gasteiger partial charge on any atom is 0.326 e. The quantitative estimate of drug-likeness (QED) is 0.322. The van der Waals surface area contributed by atoms with Crippen molar-refractivity contribution in [3.05, 3.63) is 121 Å². The average Bonchev–Trinajstić information content (AvgIpc) is 3.48. The van der Waals surface area contributed by atoms with Gasteiger partial charge in [-0.2, -0.15) is 0 Å². The predicted octanol–water partition coefficient (Wildman–Crippen LogP) is 3.16. The molecule has 3 heterocycles. The van der Waals surface area contributed by atoms with Crippen LogP contribution >= 0.6 is 11.3 Å². The Morgan fingerprint density at radius 3 is 2.50 bits per heavy atom. The molecule has 0 spiro atoms. The van der Waals surface area contributed by atoms with Crippen LogP contribution in [0.2, 0.25) is 0 Å². The fourth-order valence-electron chi connectivity index (χ4n) is 5.50. The zero-order chi connectivity index (χ0) is 31.0. The fraction of sp³-hybridized carbons (Fsp3) is 0.182. The van der Waals surface area contributed by atoms with Gasteiger partial charge in [-0.05, 0) is 49.7 Å². The summed E-state index contributed by atoms with van der Waals surface area (Å²) in [6.07, 6.45) is 0. The lowest BCUT2D eigenvalue weighted by Crippen LogP contribution is -2.41. The number of nitrogens with one attached hydrogen (secondary N) is 1. The van der Waals surface area contributed by atoms with Gasteiger partial charge in [0.15, 0.2) is 4.80 Å². The smallest absolute Gasteiger partial charge is 0.326 e. The monoisotopic (exact) mass is 608 g/mol. The van der Waals surface area contributed by atoms with E-state index in [0.29, 0.717) is 38.7 Å². The van der Waals surface area contributed by atoms with E-state index in [1.807, 2.05) is 24.3 Å². The van der Waals surface area contributed by atoms with Crippen molar-refractivity contribution in [3.63, 3.8) is 0 Å². The SMILES string of the molecule is CCOC(=O)CN1C(=O)/C(=c2/sc3n(c2=O)[C@H](c2cccc(OC)c2)C(C(=O)Nc2ccccc2)=C(C)N=3)c2ccccc21. The summed E-state index contributed by atoms with van der Waals surface area (Å²) in [5, 5.41) is 2.93. The van der Waals surface area contributed by atoms with Gasteiger partial charge in [0.25, 0.3) is 17.4 Å². The van der Waals surface area contributed by atoms with Crippen molar-refractivity contribution in [2.45, 2.75) is 19.9 Å². The lowest BCUT2D eigenvalue weighted by molar-refractivity contribution is -0.142. The Kier molecular flexibility index (Phi) is 7.71. The van der Waals surface area contributed by atoms with E-state index in [2.05, 4.69) is 5.32 Å². The summed E-state index contributed by atoms with van der Waals surface area (Å²) >= 11 is 1.07. The molecule has 6 rings (SSSR count).